The second kappa shape index (κ2) is 4.93. The van der Waals surface area contributed by atoms with Gasteiger partial charge in [-0.05, 0) is 36.9 Å². The minimum atomic E-state index is -0.157. The normalized spacial score (nSPS) is 13.2. The van der Waals surface area contributed by atoms with E-state index in [9.17, 15) is 4.39 Å². The van der Waals surface area contributed by atoms with Crippen molar-refractivity contribution >= 4 is 21.4 Å². The van der Waals surface area contributed by atoms with Crippen LogP contribution in [0.15, 0.2) is 24.3 Å². The van der Waals surface area contributed by atoms with Crippen LogP contribution in [0, 0.1) is 5.82 Å². The predicted molar refractivity (Wildman–Crippen MR) is 68.4 cm³/mol. The Morgan fingerprint density at radius 3 is 2.94 bits per heavy atom. The van der Waals surface area contributed by atoms with Crippen molar-refractivity contribution in [1.29, 1.82) is 0 Å². The Labute approximate surface area is 99.3 Å². The molecule has 86 valence electrons. The summed E-state index contributed by atoms with van der Waals surface area (Å²) in [6, 6.07) is 7.62. The first kappa shape index (κ1) is 11.6. The van der Waals surface area contributed by atoms with Crippen LogP contribution in [0.25, 0.3) is 10.1 Å². The number of fused-ring (bicyclic) bond motifs is 1. The Morgan fingerprint density at radius 2 is 2.19 bits per heavy atom. The molecule has 0 aliphatic heterocycles. The molecular formula is C13H16FNS. The standard InChI is InChI=1S/C13H16FNS/c1-3-9(2)15-8-12-6-10-4-5-11(14)7-13(10)16-12/h4-7,9,15H,3,8H2,1-2H3. The third kappa shape index (κ3) is 2.60. The van der Waals surface area contributed by atoms with E-state index in [1.807, 2.05) is 6.07 Å². The van der Waals surface area contributed by atoms with Gasteiger partial charge >= 0.3 is 0 Å². The van der Waals surface area contributed by atoms with E-state index in [1.54, 1.807) is 17.4 Å². The molecule has 1 heterocycles. The van der Waals surface area contributed by atoms with E-state index in [-0.39, 0.29) is 5.82 Å². The summed E-state index contributed by atoms with van der Waals surface area (Å²) in [6.07, 6.45) is 1.12. The minimum Gasteiger partial charge on any atom is -0.309 e. The van der Waals surface area contributed by atoms with Crippen LogP contribution < -0.4 is 5.32 Å². The molecule has 3 heteroatoms. The summed E-state index contributed by atoms with van der Waals surface area (Å²) in [6.45, 7) is 5.21. The zero-order chi connectivity index (χ0) is 11.5. The molecule has 0 aliphatic rings. The lowest BCUT2D eigenvalue weighted by atomic mass is 10.2. The van der Waals surface area contributed by atoms with Crippen molar-refractivity contribution in [1.82, 2.24) is 5.32 Å². The molecule has 1 unspecified atom stereocenters. The maximum absolute atomic E-state index is 13.0. The molecule has 0 spiro atoms. The Bertz CT molecular complexity index is 478. The van der Waals surface area contributed by atoms with E-state index < -0.39 is 0 Å². The van der Waals surface area contributed by atoms with E-state index in [2.05, 4.69) is 25.2 Å². The van der Waals surface area contributed by atoms with E-state index in [1.165, 1.54) is 10.9 Å². The van der Waals surface area contributed by atoms with Crippen molar-refractivity contribution in [3.8, 4) is 0 Å². The first-order valence-electron chi connectivity index (χ1n) is 5.60. The molecule has 0 saturated heterocycles. The summed E-state index contributed by atoms with van der Waals surface area (Å²) in [5.41, 5.74) is 0. The SMILES string of the molecule is CCC(C)NCc1cc2ccc(F)cc2s1. The molecule has 0 amide bonds. The maximum Gasteiger partial charge on any atom is 0.124 e. The van der Waals surface area contributed by atoms with Crippen LogP contribution >= 0.6 is 11.3 Å². The second-order valence-corrected chi connectivity index (χ2v) is 5.25. The first-order chi connectivity index (χ1) is 7.69. The Balaban J connectivity index is 2.13. The molecule has 0 saturated carbocycles. The van der Waals surface area contributed by atoms with Gasteiger partial charge in [0, 0.05) is 22.2 Å². The van der Waals surface area contributed by atoms with Gasteiger partial charge in [-0.1, -0.05) is 13.0 Å². The molecule has 0 fully saturated rings. The fraction of sp³-hybridized carbons (Fsp3) is 0.385. The van der Waals surface area contributed by atoms with Gasteiger partial charge in [-0.15, -0.1) is 11.3 Å². The van der Waals surface area contributed by atoms with E-state index in [4.69, 9.17) is 0 Å². The van der Waals surface area contributed by atoms with Crippen LogP contribution in [0.4, 0.5) is 4.39 Å². The highest BCUT2D eigenvalue weighted by atomic mass is 32.1. The highest BCUT2D eigenvalue weighted by Crippen LogP contribution is 2.26. The van der Waals surface area contributed by atoms with Gasteiger partial charge in [-0.25, -0.2) is 4.39 Å². The van der Waals surface area contributed by atoms with Crippen molar-refractivity contribution in [2.45, 2.75) is 32.9 Å². The lowest BCUT2D eigenvalue weighted by Gasteiger charge is -2.09. The topological polar surface area (TPSA) is 12.0 Å². The summed E-state index contributed by atoms with van der Waals surface area (Å²) >= 11 is 1.66. The van der Waals surface area contributed by atoms with Gasteiger partial charge in [-0.3, -0.25) is 0 Å². The van der Waals surface area contributed by atoms with Gasteiger partial charge in [0.2, 0.25) is 0 Å². The molecule has 1 aromatic heterocycles. The van der Waals surface area contributed by atoms with Crippen LogP contribution in [0.1, 0.15) is 25.1 Å². The summed E-state index contributed by atoms with van der Waals surface area (Å²) in [4.78, 5) is 1.26. The molecule has 1 atom stereocenters. The molecular weight excluding hydrogens is 221 g/mol. The largest absolute Gasteiger partial charge is 0.309 e. The van der Waals surface area contributed by atoms with Gasteiger partial charge in [0.1, 0.15) is 5.82 Å². The molecule has 16 heavy (non-hydrogen) atoms. The average molecular weight is 237 g/mol. The lowest BCUT2D eigenvalue weighted by molar-refractivity contribution is 0.537. The molecule has 2 aromatic rings. The van der Waals surface area contributed by atoms with Gasteiger partial charge in [-0.2, -0.15) is 0 Å². The van der Waals surface area contributed by atoms with Crippen LogP contribution in [-0.2, 0) is 6.54 Å². The number of hydrogen-bond donors (Lipinski definition) is 1. The number of benzene rings is 1. The number of nitrogens with one attached hydrogen (secondary N) is 1. The summed E-state index contributed by atoms with van der Waals surface area (Å²) < 4.78 is 14.0. The fourth-order valence-corrected chi connectivity index (χ4v) is 2.61. The lowest BCUT2D eigenvalue weighted by Crippen LogP contribution is -2.23. The van der Waals surface area contributed by atoms with Gasteiger partial charge in [0.05, 0.1) is 0 Å². The Kier molecular flexibility index (Phi) is 3.56. The first-order valence-corrected chi connectivity index (χ1v) is 6.42. The number of thiophene rings is 1. The maximum atomic E-state index is 13.0. The highest BCUT2D eigenvalue weighted by molar-refractivity contribution is 7.19. The van der Waals surface area contributed by atoms with Crippen LogP contribution in [-0.4, -0.2) is 6.04 Å². The Morgan fingerprint density at radius 1 is 1.38 bits per heavy atom. The van der Waals surface area contributed by atoms with Crippen molar-refractivity contribution in [2.75, 3.05) is 0 Å². The molecule has 1 N–H and O–H groups in total. The zero-order valence-electron chi connectivity index (χ0n) is 9.59. The summed E-state index contributed by atoms with van der Waals surface area (Å²) in [5, 5.41) is 4.57. The van der Waals surface area contributed by atoms with Crippen molar-refractivity contribution in [3.63, 3.8) is 0 Å². The highest BCUT2D eigenvalue weighted by Gasteiger charge is 2.04. The van der Waals surface area contributed by atoms with E-state index >= 15 is 0 Å². The minimum absolute atomic E-state index is 0.157. The molecule has 2 rings (SSSR count). The smallest absolute Gasteiger partial charge is 0.124 e. The second-order valence-electron chi connectivity index (χ2n) is 4.09. The number of halogens is 1. The molecule has 0 radical (unpaired) electrons. The van der Waals surface area contributed by atoms with E-state index in [0.29, 0.717) is 6.04 Å². The van der Waals surface area contributed by atoms with Crippen LogP contribution in [0.2, 0.25) is 0 Å². The summed E-state index contributed by atoms with van der Waals surface area (Å²) in [7, 11) is 0. The zero-order valence-corrected chi connectivity index (χ0v) is 10.4. The van der Waals surface area contributed by atoms with Crippen molar-refractivity contribution < 1.29 is 4.39 Å². The average Bonchev–Trinajstić information content (AvgIpc) is 2.67. The fourth-order valence-electron chi connectivity index (χ4n) is 1.57. The van der Waals surface area contributed by atoms with Crippen molar-refractivity contribution in [3.05, 3.63) is 35.0 Å². The van der Waals surface area contributed by atoms with E-state index in [0.717, 1.165) is 23.1 Å². The quantitative estimate of drug-likeness (QED) is 0.849. The van der Waals surface area contributed by atoms with Gasteiger partial charge < -0.3 is 5.32 Å². The predicted octanol–water partition coefficient (Wildman–Crippen LogP) is 3.93. The van der Waals surface area contributed by atoms with Crippen molar-refractivity contribution in [2.24, 2.45) is 0 Å². The third-order valence-corrected chi connectivity index (χ3v) is 3.87. The van der Waals surface area contributed by atoms with Crippen LogP contribution in [0.3, 0.4) is 0 Å². The molecule has 0 bridgehead atoms. The number of hydrogen-bond acceptors (Lipinski definition) is 2. The Hall–Kier alpha value is -0.930. The van der Waals surface area contributed by atoms with Gasteiger partial charge in [0.25, 0.3) is 0 Å². The molecule has 1 nitrogen and oxygen atoms in total. The third-order valence-electron chi connectivity index (χ3n) is 2.77. The molecule has 0 aliphatic carbocycles. The number of rotatable bonds is 4. The summed E-state index contributed by atoms with van der Waals surface area (Å²) in [5.74, 6) is -0.157. The monoisotopic (exact) mass is 237 g/mol. The van der Waals surface area contributed by atoms with Crippen LogP contribution in [0.5, 0.6) is 0 Å². The van der Waals surface area contributed by atoms with Gasteiger partial charge in [0.15, 0.2) is 0 Å². The molecule has 1 aromatic carbocycles.